The molecule has 0 aliphatic heterocycles. The summed E-state index contributed by atoms with van der Waals surface area (Å²) in [6.07, 6.45) is 1.40. The van der Waals surface area contributed by atoms with Gasteiger partial charge < -0.3 is 15.2 Å². The number of hydrogen-bond acceptors (Lipinski definition) is 5. The van der Waals surface area contributed by atoms with E-state index in [4.69, 9.17) is 4.74 Å². The number of aliphatic hydroxyl groups excluding tert-OH is 1. The lowest BCUT2D eigenvalue weighted by atomic mass is 9.82. The first-order valence-electron chi connectivity index (χ1n) is 5.84. The van der Waals surface area contributed by atoms with Crippen molar-refractivity contribution in [2.45, 2.75) is 18.9 Å². The van der Waals surface area contributed by atoms with Gasteiger partial charge in [-0.3, -0.25) is 10.1 Å². The van der Waals surface area contributed by atoms with Crippen molar-refractivity contribution < 1.29 is 14.8 Å². The standard InChI is InChI=1S/C12H16N2O4/c1-18-12-5-9(4-10(6-12)14(16)17)13-7-8-2-11(15)3-8/h4-6,8,11,13,15H,2-3,7H2,1H3. The number of nitro groups is 1. The summed E-state index contributed by atoms with van der Waals surface area (Å²) in [6.45, 7) is 0.710. The Balaban J connectivity index is 2.02. The molecule has 6 nitrogen and oxygen atoms in total. The van der Waals surface area contributed by atoms with Crippen LogP contribution >= 0.6 is 0 Å². The second-order valence-electron chi connectivity index (χ2n) is 4.55. The van der Waals surface area contributed by atoms with E-state index in [0.29, 0.717) is 23.9 Å². The van der Waals surface area contributed by atoms with Crippen LogP contribution in [0.2, 0.25) is 0 Å². The van der Waals surface area contributed by atoms with Gasteiger partial charge in [0.1, 0.15) is 5.75 Å². The highest BCUT2D eigenvalue weighted by atomic mass is 16.6. The van der Waals surface area contributed by atoms with Crippen molar-refractivity contribution in [2.24, 2.45) is 5.92 Å². The van der Waals surface area contributed by atoms with Crippen molar-refractivity contribution in [3.8, 4) is 5.75 Å². The summed E-state index contributed by atoms with van der Waals surface area (Å²) in [4.78, 5) is 10.3. The zero-order chi connectivity index (χ0) is 13.1. The molecule has 0 heterocycles. The summed E-state index contributed by atoms with van der Waals surface area (Å²) in [6, 6.07) is 4.60. The first-order valence-corrected chi connectivity index (χ1v) is 5.84. The van der Waals surface area contributed by atoms with Gasteiger partial charge in [-0.15, -0.1) is 0 Å². The van der Waals surface area contributed by atoms with Crippen LogP contribution in [-0.4, -0.2) is 29.8 Å². The van der Waals surface area contributed by atoms with Crippen molar-refractivity contribution in [1.82, 2.24) is 0 Å². The molecule has 1 fully saturated rings. The van der Waals surface area contributed by atoms with E-state index >= 15 is 0 Å². The molecule has 0 spiro atoms. The van der Waals surface area contributed by atoms with Gasteiger partial charge in [-0.25, -0.2) is 0 Å². The third-order valence-electron chi connectivity index (χ3n) is 3.14. The molecular weight excluding hydrogens is 236 g/mol. The van der Waals surface area contributed by atoms with Crippen molar-refractivity contribution in [3.63, 3.8) is 0 Å². The molecule has 6 heteroatoms. The number of non-ortho nitro benzene ring substituents is 1. The lowest BCUT2D eigenvalue weighted by Gasteiger charge is -2.31. The summed E-state index contributed by atoms with van der Waals surface area (Å²) in [7, 11) is 1.48. The second-order valence-corrected chi connectivity index (χ2v) is 4.55. The van der Waals surface area contributed by atoms with E-state index in [1.165, 1.54) is 19.2 Å². The number of benzene rings is 1. The fraction of sp³-hybridized carbons (Fsp3) is 0.500. The smallest absolute Gasteiger partial charge is 0.275 e. The first-order chi connectivity index (χ1) is 8.58. The first kappa shape index (κ1) is 12.6. The normalized spacial score (nSPS) is 22.1. The van der Waals surface area contributed by atoms with Gasteiger partial charge in [0, 0.05) is 24.4 Å². The van der Waals surface area contributed by atoms with Gasteiger partial charge in [-0.05, 0) is 18.8 Å². The Bertz CT molecular complexity index is 444. The monoisotopic (exact) mass is 252 g/mol. The third kappa shape index (κ3) is 2.89. The highest BCUT2D eigenvalue weighted by Gasteiger charge is 2.26. The van der Waals surface area contributed by atoms with Crippen molar-refractivity contribution >= 4 is 11.4 Å². The van der Waals surface area contributed by atoms with E-state index in [1.54, 1.807) is 6.07 Å². The molecule has 2 N–H and O–H groups in total. The maximum absolute atomic E-state index is 10.8. The molecule has 1 aromatic rings. The van der Waals surface area contributed by atoms with Gasteiger partial charge >= 0.3 is 0 Å². The number of ether oxygens (including phenoxy) is 1. The van der Waals surface area contributed by atoms with E-state index in [-0.39, 0.29) is 11.8 Å². The second kappa shape index (κ2) is 5.22. The Hall–Kier alpha value is -1.82. The number of nitrogens with zero attached hydrogens (tertiary/aromatic N) is 1. The topological polar surface area (TPSA) is 84.6 Å². The van der Waals surface area contributed by atoms with Crippen LogP contribution in [-0.2, 0) is 0 Å². The summed E-state index contributed by atoms with van der Waals surface area (Å²) in [5.74, 6) is 0.894. The number of nitro benzene ring substituents is 1. The minimum absolute atomic E-state index is 0.00509. The Morgan fingerprint density at radius 3 is 2.78 bits per heavy atom. The molecule has 1 aliphatic rings. The minimum atomic E-state index is -0.444. The lowest BCUT2D eigenvalue weighted by Crippen LogP contribution is -2.33. The van der Waals surface area contributed by atoms with Gasteiger partial charge in [-0.2, -0.15) is 0 Å². The number of anilines is 1. The number of methoxy groups -OCH3 is 1. The summed E-state index contributed by atoms with van der Waals surface area (Å²) < 4.78 is 5.03. The molecule has 1 aliphatic carbocycles. The molecule has 0 radical (unpaired) electrons. The highest BCUT2D eigenvalue weighted by molar-refractivity contribution is 5.56. The van der Waals surface area contributed by atoms with Crippen LogP contribution < -0.4 is 10.1 Å². The van der Waals surface area contributed by atoms with E-state index in [2.05, 4.69) is 5.32 Å². The molecule has 1 aromatic carbocycles. The minimum Gasteiger partial charge on any atom is -0.496 e. The number of aliphatic hydroxyl groups is 1. The molecular formula is C12H16N2O4. The molecule has 0 atom stereocenters. The summed E-state index contributed by atoms with van der Waals surface area (Å²) in [5, 5.41) is 23.1. The Labute approximate surface area is 105 Å². The molecule has 18 heavy (non-hydrogen) atoms. The predicted octanol–water partition coefficient (Wildman–Crippen LogP) is 1.79. The van der Waals surface area contributed by atoms with Gasteiger partial charge in [0.15, 0.2) is 0 Å². The fourth-order valence-corrected chi connectivity index (χ4v) is 2.04. The lowest BCUT2D eigenvalue weighted by molar-refractivity contribution is -0.384. The average molecular weight is 252 g/mol. The maximum atomic E-state index is 10.8. The van der Waals surface area contributed by atoms with Crippen molar-refractivity contribution in [2.75, 3.05) is 19.0 Å². The van der Waals surface area contributed by atoms with Gasteiger partial charge in [0.25, 0.3) is 5.69 Å². The largest absolute Gasteiger partial charge is 0.496 e. The number of hydrogen-bond donors (Lipinski definition) is 2. The van der Waals surface area contributed by atoms with Crippen LogP contribution in [0.3, 0.4) is 0 Å². The van der Waals surface area contributed by atoms with Crippen molar-refractivity contribution in [3.05, 3.63) is 28.3 Å². The van der Waals surface area contributed by atoms with Crippen LogP contribution in [0.4, 0.5) is 11.4 Å². The molecule has 2 rings (SSSR count). The summed E-state index contributed by atoms with van der Waals surface area (Å²) in [5.41, 5.74) is 0.674. The molecule has 0 amide bonds. The molecule has 0 aromatic heterocycles. The SMILES string of the molecule is COc1cc(NCC2CC(O)C2)cc([N+](=O)[O-])c1. The molecule has 0 unspecified atom stereocenters. The Morgan fingerprint density at radius 1 is 1.50 bits per heavy atom. The average Bonchev–Trinajstić information content (AvgIpc) is 2.32. The predicted molar refractivity (Wildman–Crippen MR) is 66.9 cm³/mol. The van der Waals surface area contributed by atoms with Crippen LogP contribution in [0.5, 0.6) is 5.75 Å². The van der Waals surface area contributed by atoms with Crippen LogP contribution in [0, 0.1) is 16.0 Å². The van der Waals surface area contributed by atoms with Gasteiger partial charge in [0.05, 0.1) is 24.2 Å². The van der Waals surface area contributed by atoms with E-state index in [9.17, 15) is 15.2 Å². The molecule has 0 saturated heterocycles. The highest BCUT2D eigenvalue weighted by Crippen LogP contribution is 2.29. The zero-order valence-corrected chi connectivity index (χ0v) is 10.1. The third-order valence-corrected chi connectivity index (χ3v) is 3.14. The van der Waals surface area contributed by atoms with Gasteiger partial charge in [0.2, 0.25) is 0 Å². The summed E-state index contributed by atoms with van der Waals surface area (Å²) >= 11 is 0. The fourth-order valence-electron chi connectivity index (χ4n) is 2.04. The number of rotatable bonds is 5. The molecule has 98 valence electrons. The van der Waals surface area contributed by atoms with E-state index < -0.39 is 4.92 Å². The van der Waals surface area contributed by atoms with Crippen molar-refractivity contribution in [1.29, 1.82) is 0 Å². The number of nitrogens with one attached hydrogen (secondary N) is 1. The van der Waals surface area contributed by atoms with Crippen LogP contribution in [0.1, 0.15) is 12.8 Å². The Kier molecular flexibility index (Phi) is 3.66. The molecule has 1 saturated carbocycles. The van der Waals surface area contributed by atoms with E-state index in [1.807, 2.05) is 0 Å². The Morgan fingerprint density at radius 2 is 2.22 bits per heavy atom. The molecule has 0 bridgehead atoms. The van der Waals surface area contributed by atoms with Crippen LogP contribution in [0.25, 0.3) is 0 Å². The van der Waals surface area contributed by atoms with Crippen LogP contribution in [0.15, 0.2) is 18.2 Å². The van der Waals surface area contributed by atoms with Gasteiger partial charge in [-0.1, -0.05) is 0 Å². The maximum Gasteiger partial charge on any atom is 0.275 e. The van der Waals surface area contributed by atoms with E-state index in [0.717, 1.165) is 12.8 Å². The quantitative estimate of drug-likeness (QED) is 0.616. The zero-order valence-electron chi connectivity index (χ0n) is 10.1.